The van der Waals surface area contributed by atoms with Gasteiger partial charge in [0.15, 0.2) is 5.82 Å². The molecule has 0 saturated carbocycles. The Morgan fingerprint density at radius 3 is 2.67 bits per heavy atom. The molecule has 1 amide bonds. The van der Waals surface area contributed by atoms with Gasteiger partial charge in [0.2, 0.25) is 0 Å². The first-order valence-corrected chi connectivity index (χ1v) is 5.54. The maximum atomic E-state index is 11.9. The van der Waals surface area contributed by atoms with E-state index in [9.17, 15) is 4.79 Å². The molecule has 0 spiro atoms. The predicted molar refractivity (Wildman–Crippen MR) is 63.8 cm³/mol. The van der Waals surface area contributed by atoms with Crippen molar-refractivity contribution >= 4 is 5.91 Å². The van der Waals surface area contributed by atoms with Crippen LogP contribution < -0.4 is 5.32 Å². The molecule has 0 aliphatic carbocycles. The number of hydrogen-bond acceptors (Lipinski definition) is 5. The summed E-state index contributed by atoms with van der Waals surface area (Å²) in [6.07, 6.45) is 3.00. The van der Waals surface area contributed by atoms with Gasteiger partial charge in [-0.2, -0.15) is 5.10 Å². The van der Waals surface area contributed by atoms with E-state index in [0.717, 1.165) is 5.69 Å². The first-order valence-electron chi connectivity index (χ1n) is 5.54. The third kappa shape index (κ3) is 2.68. The van der Waals surface area contributed by atoms with E-state index in [-0.39, 0.29) is 17.6 Å². The largest absolute Gasteiger partial charge is 0.341 e. The summed E-state index contributed by atoms with van der Waals surface area (Å²) in [5.41, 5.74) is 1.05. The quantitative estimate of drug-likeness (QED) is 0.831. The number of H-pyrrole nitrogens is 1. The van der Waals surface area contributed by atoms with Crippen molar-refractivity contribution in [2.75, 3.05) is 0 Å². The first kappa shape index (κ1) is 12.2. The molecule has 2 N–H and O–H groups in total. The molecule has 2 rings (SSSR count). The lowest BCUT2D eigenvalue weighted by Gasteiger charge is -2.09. The second kappa shape index (κ2) is 4.91. The fraction of sp³-hybridized carbons (Fsp3) is 0.364. The molecule has 2 heterocycles. The Kier molecular flexibility index (Phi) is 3.31. The van der Waals surface area contributed by atoms with Gasteiger partial charge in [-0.05, 0) is 20.8 Å². The Hall–Kier alpha value is -2.31. The van der Waals surface area contributed by atoms with Crippen LogP contribution in [0.4, 0.5) is 0 Å². The number of rotatable bonds is 3. The van der Waals surface area contributed by atoms with Gasteiger partial charge in [-0.3, -0.25) is 14.9 Å². The maximum absolute atomic E-state index is 11.9. The number of carbonyl (C=O) groups excluding carboxylic acids is 1. The van der Waals surface area contributed by atoms with Crippen molar-refractivity contribution in [2.45, 2.75) is 26.8 Å². The summed E-state index contributed by atoms with van der Waals surface area (Å²) in [6, 6.07) is -0.287. The van der Waals surface area contributed by atoms with Gasteiger partial charge in [-0.15, -0.1) is 0 Å². The van der Waals surface area contributed by atoms with Gasteiger partial charge in [0.25, 0.3) is 5.91 Å². The maximum Gasteiger partial charge on any atom is 0.272 e. The van der Waals surface area contributed by atoms with Crippen molar-refractivity contribution in [1.82, 2.24) is 30.5 Å². The third-order valence-electron chi connectivity index (χ3n) is 2.36. The van der Waals surface area contributed by atoms with Crippen LogP contribution in [0.5, 0.6) is 0 Å². The van der Waals surface area contributed by atoms with Crippen LogP contribution in [0.1, 0.15) is 40.8 Å². The fourth-order valence-electron chi connectivity index (χ4n) is 1.40. The number of aromatic nitrogens is 5. The highest BCUT2D eigenvalue weighted by molar-refractivity contribution is 5.92. The molecule has 94 valence electrons. The average Bonchev–Trinajstić information content (AvgIpc) is 2.76. The molecule has 18 heavy (non-hydrogen) atoms. The van der Waals surface area contributed by atoms with E-state index < -0.39 is 0 Å². The van der Waals surface area contributed by atoms with E-state index in [0.29, 0.717) is 11.6 Å². The lowest BCUT2D eigenvalue weighted by atomic mass is 10.3. The number of amides is 1. The Balaban J connectivity index is 2.05. The van der Waals surface area contributed by atoms with E-state index in [1.54, 1.807) is 13.1 Å². The lowest BCUT2D eigenvalue weighted by Crippen LogP contribution is -2.28. The molecular weight excluding hydrogens is 232 g/mol. The van der Waals surface area contributed by atoms with Gasteiger partial charge in [0.1, 0.15) is 11.5 Å². The molecule has 2 aromatic heterocycles. The van der Waals surface area contributed by atoms with Gasteiger partial charge in [0, 0.05) is 6.20 Å². The summed E-state index contributed by atoms with van der Waals surface area (Å²) < 4.78 is 0. The molecular formula is C11H14N6O. The molecule has 0 saturated heterocycles. The Labute approximate surface area is 104 Å². The van der Waals surface area contributed by atoms with E-state index in [4.69, 9.17) is 0 Å². The van der Waals surface area contributed by atoms with Crippen LogP contribution in [0.25, 0.3) is 0 Å². The zero-order chi connectivity index (χ0) is 13.1. The number of aryl methyl sites for hydroxylation is 2. The van der Waals surface area contributed by atoms with Gasteiger partial charge < -0.3 is 5.32 Å². The van der Waals surface area contributed by atoms with Crippen molar-refractivity contribution < 1.29 is 4.79 Å². The number of nitrogens with zero attached hydrogens (tertiary/aromatic N) is 4. The van der Waals surface area contributed by atoms with Gasteiger partial charge >= 0.3 is 0 Å². The van der Waals surface area contributed by atoms with Gasteiger partial charge in [0.05, 0.1) is 17.9 Å². The van der Waals surface area contributed by atoms with Crippen molar-refractivity contribution in [1.29, 1.82) is 0 Å². The van der Waals surface area contributed by atoms with Crippen LogP contribution in [0, 0.1) is 13.8 Å². The summed E-state index contributed by atoms with van der Waals surface area (Å²) >= 11 is 0. The van der Waals surface area contributed by atoms with Crippen LogP contribution in [0.3, 0.4) is 0 Å². The topological polar surface area (TPSA) is 96.5 Å². The number of hydrogen-bond donors (Lipinski definition) is 2. The minimum atomic E-state index is -0.294. The second-order valence-corrected chi connectivity index (χ2v) is 4.02. The highest BCUT2D eigenvalue weighted by Gasteiger charge is 2.15. The summed E-state index contributed by atoms with van der Waals surface area (Å²) in [6.45, 7) is 5.42. The zero-order valence-electron chi connectivity index (χ0n) is 10.4. The van der Waals surface area contributed by atoms with Gasteiger partial charge in [-0.1, -0.05) is 0 Å². The van der Waals surface area contributed by atoms with Gasteiger partial charge in [-0.25, -0.2) is 9.97 Å². The highest BCUT2D eigenvalue weighted by Crippen LogP contribution is 2.07. The third-order valence-corrected chi connectivity index (χ3v) is 2.36. The Morgan fingerprint density at radius 2 is 2.11 bits per heavy atom. The molecule has 0 fully saturated rings. The second-order valence-electron chi connectivity index (χ2n) is 4.02. The van der Waals surface area contributed by atoms with Crippen LogP contribution >= 0.6 is 0 Å². The molecule has 7 heteroatoms. The molecule has 0 aliphatic rings. The first-order chi connectivity index (χ1) is 8.56. The van der Waals surface area contributed by atoms with Crippen molar-refractivity contribution in [2.24, 2.45) is 0 Å². The Bertz CT molecular complexity index is 547. The highest BCUT2D eigenvalue weighted by atomic mass is 16.1. The predicted octanol–water partition coefficient (Wildman–Crippen LogP) is 0.703. The van der Waals surface area contributed by atoms with E-state index in [2.05, 4.69) is 30.5 Å². The van der Waals surface area contributed by atoms with Crippen molar-refractivity contribution in [3.05, 3.63) is 35.4 Å². The van der Waals surface area contributed by atoms with Crippen LogP contribution in [0.15, 0.2) is 12.4 Å². The summed E-state index contributed by atoms with van der Waals surface area (Å²) in [5, 5.41) is 9.48. The average molecular weight is 246 g/mol. The fourth-order valence-corrected chi connectivity index (χ4v) is 1.40. The van der Waals surface area contributed by atoms with Crippen LogP contribution in [0.2, 0.25) is 0 Å². The molecule has 0 unspecified atom stereocenters. The smallest absolute Gasteiger partial charge is 0.272 e. The van der Waals surface area contributed by atoms with E-state index in [1.807, 2.05) is 13.8 Å². The van der Waals surface area contributed by atoms with Crippen LogP contribution in [-0.2, 0) is 0 Å². The summed E-state index contributed by atoms with van der Waals surface area (Å²) in [5.74, 6) is 0.958. The lowest BCUT2D eigenvalue weighted by molar-refractivity contribution is 0.0933. The van der Waals surface area contributed by atoms with Crippen LogP contribution in [-0.4, -0.2) is 31.1 Å². The molecule has 0 radical (unpaired) electrons. The standard InChI is InChI=1S/C11H14N6O/c1-6-4-13-9(5-12-6)11(18)14-7(2)10-15-8(3)16-17-10/h4-5,7H,1-3H3,(H,14,18)(H,15,16,17)/t7-/m1/s1. The molecule has 2 aromatic rings. The van der Waals surface area contributed by atoms with E-state index >= 15 is 0 Å². The van der Waals surface area contributed by atoms with E-state index in [1.165, 1.54) is 6.20 Å². The molecule has 0 aromatic carbocycles. The zero-order valence-corrected chi connectivity index (χ0v) is 10.4. The molecule has 7 nitrogen and oxygen atoms in total. The number of aromatic amines is 1. The normalized spacial score (nSPS) is 12.2. The Morgan fingerprint density at radius 1 is 1.33 bits per heavy atom. The van der Waals surface area contributed by atoms with Crippen molar-refractivity contribution in [3.63, 3.8) is 0 Å². The number of carbonyl (C=O) groups is 1. The van der Waals surface area contributed by atoms with Crippen molar-refractivity contribution in [3.8, 4) is 0 Å². The minimum absolute atomic E-state index is 0.278. The number of nitrogens with one attached hydrogen (secondary N) is 2. The molecule has 0 aliphatic heterocycles. The summed E-state index contributed by atoms with van der Waals surface area (Å²) in [4.78, 5) is 24.1. The SMILES string of the molecule is Cc1cnc(C(=O)N[C@H](C)c2n[nH]c(C)n2)cn1. The monoisotopic (exact) mass is 246 g/mol. The minimum Gasteiger partial charge on any atom is -0.341 e. The molecule has 1 atom stereocenters. The molecule has 0 bridgehead atoms. The summed E-state index contributed by atoms with van der Waals surface area (Å²) in [7, 11) is 0.